The van der Waals surface area contributed by atoms with E-state index in [4.69, 9.17) is 9.47 Å². The van der Waals surface area contributed by atoms with Crippen LogP contribution in [0.3, 0.4) is 0 Å². The van der Waals surface area contributed by atoms with Gasteiger partial charge >= 0.3 is 6.16 Å². The van der Waals surface area contributed by atoms with Crippen LogP contribution in [0.15, 0.2) is 47.4 Å². The number of nitrogens with zero attached hydrogens (tertiary/aromatic N) is 3. The van der Waals surface area contributed by atoms with Crippen molar-refractivity contribution in [2.75, 3.05) is 6.61 Å². The summed E-state index contributed by atoms with van der Waals surface area (Å²) in [6.07, 6.45) is 2.10. The lowest BCUT2D eigenvalue weighted by Crippen LogP contribution is -2.19. The molecule has 1 fully saturated rings. The van der Waals surface area contributed by atoms with Crippen molar-refractivity contribution in [3.05, 3.63) is 69.9 Å². The third-order valence-corrected chi connectivity index (χ3v) is 4.88. The van der Waals surface area contributed by atoms with Gasteiger partial charge in [0.25, 0.3) is 0 Å². The number of halogens is 1. The second-order valence-electron chi connectivity index (χ2n) is 6.95. The summed E-state index contributed by atoms with van der Waals surface area (Å²) in [5, 5.41) is 9.65. The van der Waals surface area contributed by atoms with Crippen molar-refractivity contribution in [1.29, 1.82) is 5.26 Å². The van der Waals surface area contributed by atoms with Crippen molar-refractivity contribution in [3.8, 4) is 11.8 Å². The van der Waals surface area contributed by atoms with E-state index in [1.54, 1.807) is 41.8 Å². The zero-order chi connectivity index (χ0) is 21.3. The number of hydrogen-bond donors (Lipinski definition) is 0. The van der Waals surface area contributed by atoms with Gasteiger partial charge in [0.05, 0.1) is 24.3 Å². The highest BCUT2D eigenvalue weighted by Gasteiger charge is 2.29. The normalized spacial score (nSPS) is 14.2. The molecule has 0 amide bonds. The Bertz CT molecular complexity index is 1210. The van der Waals surface area contributed by atoms with Crippen LogP contribution < -0.4 is 10.2 Å². The summed E-state index contributed by atoms with van der Waals surface area (Å²) in [6.45, 7) is 1.71. The van der Waals surface area contributed by atoms with Crippen molar-refractivity contribution < 1.29 is 18.7 Å². The predicted molar refractivity (Wildman–Crippen MR) is 106 cm³/mol. The Hall–Kier alpha value is -3.73. The number of rotatable bonds is 5. The molecule has 0 saturated heterocycles. The van der Waals surface area contributed by atoms with Crippen molar-refractivity contribution in [1.82, 2.24) is 9.55 Å². The van der Waals surface area contributed by atoms with E-state index in [-0.39, 0.29) is 35.1 Å². The monoisotopic (exact) mass is 407 g/mol. The average Bonchev–Trinajstić information content (AvgIpc) is 3.58. The topological polar surface area (TPSA) is 94.2 Å². The van der Waals surface area contributed by atoms with Gasteiger partial charge in [-0.3, -0.25) is 4.79 Å². The van der Waals surface area contributed by atoms with E-state index in [2.05, 4.69) is 11.1 Å². The first kappa shape index (κ1) is 19.6. The number of benzene rings is 1. The van der Waals surface area contributed by atoms with Crippen LogP contribution in [0.5, 0.6) is 5.75 Å². The van der Waals surface area contributed by atoms with E-state index in [0.29, 0.717) is 5.56 Å². The molecule has 0 radical (unpaired) electrons. The zero-order valence-electron chi connectivity index (χ0n) is 16.2. The lowest BCUT2D eigenvalue weighted by Gasteiger charge is -2.15. The molecule has 0 spiro atoms. The third kappa shape index (κ3) is 3.62. The van der Waals surface area contributed by atoms with Crippen LogP contribution in [0.1, 0.15) is 43.0 Å². The van der Waals surface area contributed by atoms with E-state index in [9.17, 15) is 19.2 Å². The summed E-state index contributed by atoms with van der Waals surface area (Å²) < 4.78 is 26.4. The molecule has 1 saturated carbocycles. The Morgan fingerprint density at radius 2 is 2.10 bits per heavy atom. The van der Waals surface area contributed by atoms with Gasteiger partial charge in [-0.25, -0.2) is 14.2 Å². The molecule has 1 aliphatic rings. The summed E-state index contributed by atoms with van der Waals surface area (Å²) in [4.78, 5) is 28.9. The largest absolute Gasteiger partial charge is 0.514 e. The minimum atomic E-state index is -1.00. The first-order valence-corrected chi connectivity index (χ1v) is 9.58. The molecule has 1 aromatic carbocycles. The predicted octanol–water partition coefficient (Wildman–Crippen LogP) is 4.06. The number of carbonyl (C=O) groups is 1. The van der Waals surface area contributed by atoms with Crippen LogP contribution in [0.4, 0.5) is 9.18 Å². The van der Waals surface area contributed by atoms with Gasteiger partial charge in [-0.2, -0.15) is 5.26 Å². The summed E-state index contributed by atoms with van der Waals surface area (Å²) in [5.74, 6) is -1.94. The molecule has 7 nitrogen and oxygen atoms in total. The third-order valence-electron chi connectivity index (χ3n) is 4.88. The van der Waals surface area contributed by atoms with E-state index in [1.807, 2.05) is 0 Å². The van der Waals surface area contributed by atoms with Crippen LogP contribution in [-0.2, 0) is 4.74 Å². The average molecular weight is 407 g/mol. The highest BCUT2D eigenvalue weighted by atomic mass is 19.1. The van der Waals surface area contributed by atoms with Gasteiger partial charge in [-0.05, 0) is 31.4 Å². The lowest BCUT2D eigenvalue weighted by atomic mass is 9.96. The molecule has 1 unspecified atom stereocenters. The van der Waals surface area contributed by atoms with Crippen LogP contribution in [0.2, 0.25) is 0 Å². The van der Waals surface area contributed by atoms with Gasteiger partial charge in [0, 0.05) is 6.04 Å². The maximum atomic E-state index is 15.0. The molecule has 0 bridgehead atoms. The molecule has 1 atom stereocenters. The summed E-state index contributed by atoms with van der Waals surface area (Å²) in [6, 6.07) is 12.0. The zero-order valence-corrected chi connectivity index (χ0v) is 16.2. The molecule has 30 heavy (non-hydrogen) atoms. The summed E-state index contributed by atoms with van der Waals surface area (Å²) in [5.41, 5.74) is 0.143. The molecule has 0 N–H and O–H groups in total. The van der Waals surface area contributed by atoms with E-state index < -0.39 is 23.3 Å². The maximum Gasteiger partial charge on any atom is 0.514 e. The number of ether oxygens (including phenoxy) is 2. The van der Waals surface area contributed by atoms with Crippen LogP contribution in [0.25, 0.3) is 11.0 Å². The number of pyridine rings is 2. The summed E-state index contributed by atoms with van der Waals surface area (Å²) in [7, 11) is 0. The van der Waals surface area contributed by atoms with Gasteiger partial charge in [-0.1, -0.05) is 30.3 Å². The van der Waals surface area contributed by atoms with Crippen LogP contribution >= 0.6 is 0 Å². The number of aromatic nitrogens is 2. The molecule has 152 valence electrons. The van der Waals surface area contributed by atoms with Gasteiger partial charge in [0.15, 0.2) is 5.75 Å². The van der Waals surface area contributed by atoms with E-state index in [0.717, 1.165) is 18.9 Å². The van der Waals surface area contributed by atoms with Gasteiger partial charge in [0.1, 0.15) is 23.1 Å². The lowest BCUT2D eigenvalue weighted by molar-refractivity contribution is 0.104. The number of nitriles is 1. The Labute approximate surface area is 171 Å². The van der Waals surface area contributed by atoms with E-state index >= 15 is 0 Å². The van der Waals surface area contributed by atoms with E-state index in [1.165, 1.54) is 6.20 Å². The minimum absolute atomic E-state index is 0.0188. The Kier molecular flexibility index (Phi) is 5.19. The molecule has 2 heterocycles. The quantitative estimate of drug-likeness (QED) is 0.592. The molecule has 2 aromatic heterocycles. The number of hydrogen-bond acceptors (Lipinski definition) is 6. The first-order chi connectivity index (χ1) is 14.5. The van der Waals surface area contributed by atoms with Crippen LogP contribution in [-0.4, -0.2) is 22.3 Å². The van der Waals surface area contributed by atoms with Crippen molar-refractivity contribution in [2.24, 2.45) is 0 Å². The molecule has 3 aromatic rings. The maximum absolute atomic E-state index is 15.0. The Morgan fingerprint density at radius 3 is 2.73 bits per heavy atom. The van der Waals surface area contributed by atoms with Crippen molar-refractivity contribution in [3.63, 3.8) is 0 Å². The van der Waals surface area contributed by atoms with Crippen molar-refractivity contribution >= 4 is 17.2 Å². The fourth-order valence-electron chi connectivity index (χ4n) is 3.32. The molecule has 1 aliphatic carbocycles. The SMILES string of the molecule is CCOC(=O)Oc1cn(C2CC2)c2nc(C(C#N)c3ccccc3)c(F)cc2c1=O. The molecular formula is C22H18FN3O4. The van der Waals surface area contributed by atoms with Gasteiger partial charge < -0.3 is 14.0 Å². The minimum Gasteiger partial charge on any atom is -0.434 e. The highest BCUT2D eigenvalue weighted by Crippen LogP contribution is 2.38. The second kappa shape index (κ2) is 7.95. The molecule has 8 heteroatoms. The van der Waals surface area contributed by atoms with Gasteiger partial charge in [0.2, 0.25) is 5.43 Å². The number of fused-ring (bicyclic) bond motifs is 1. The standard InChI is InChI=1S/C22H18FN3O4/c1-2-29-22(28)30-18-12-26(14-8-9-14)21-15(20(18)27)10-17(23)19(25-21)16(11-24)13-6-4-3-5-7-13/h3-7,10,12,14,16H,2,8-9H2,1H3. The first-order valence-electron chi connectivity index (χ1n) is 9.58. The van der Waals surface area contributed by atoms with Crippen molar-refractivity contribution in [2.45, 2.75) is 31.7 Å². The van der Waals surface area contributed by atoms with Crippen LogP contribution in [0, 0.1) is 17.1 Å². The molecule has 0 aliphatic heterocycles. The second-order valence-corrected chi connectivity index (χ2v) is 6.95. The smallest absolute Gasteiger partial charge is 0.434 e. The number of carbonyl (C=O) groups excluding carboxylic acids is 1. The summed E-state index contributed by atoms with van der Waals surface area (Å²) >= 11 is 0. The molecular weight excluding hydrogens is 389 g/mol. The highest BCUT2D eigenvalue weighted by molar-refractivity contribution is 5.78. The Morgan fingerprint density at radius 1 is 1.37 bits per heavy atom. The fourth-order valence-corrected chi connectivity index (χ4v) is 3.32. The Balaban J connectivity index is 1.88. The van der Waals surface area contributed by atoms with Gasteiger partial charge in [-0.15, -0.1) is 0 Å². The fraction of sp³-hybridized carbons (Fsp3) is 0.273. The molecule has 4 rings (SSSR count).